The number of halogens is 6. The molecule has 0 saturated heterocycles. The lowest BCUT2D eigenvalue weighted by atomic mass is 10.1. The molecule has 0 amide bonds. The minimum atomic E-state index is -5.57. The number of carbonyl (C=O) groups is 1. The van der Waals surface area contributed by atoms with E-state index in [-0.39, 0.29) is 11.9 Å². The molecule has 0 bridgehead atoms. The third kappa shape index (κ3) is 4.62. The Kier molecular flexibility index (Phi) is 4.77. The van der Waals surface area contributed by atoms with Crippen LogP contribution in [0.25, 0.3) is 0 Å². The normalized spacial score (nSPS) is 14.2. The van der Waals surface area contributed by atoms with Crippen molar-refractivity contribution in [3.63, 3.8) is 0 Å². The molecule has 0 aromatic heterocycles. The summed E-state index contributed by atoms with van der Waals surface area (Å²) >= 11 is 0. The van der Waals surface area contributed by atoms with E-state index in [4.69, 9.17) is 5.11 Å². The van der Waals surface area contributed by atoms with Crippen LogP contribution in [0.4, 0.5) is 32.0 Å². The summed E-state index contributed by atoms with van der Waals surface area (Å²) < 4.78 is 73.6. The molecule has 21 heavy (non-hydrogen) atoms. The molecule has 0 unspecified atom stereocenters. The second-order valence-electron chi connectivity index (χ2n) is 3.68. The van der Waals surface area contributed by atoms with Gasteiger partial charge in [0.05, 0.1) is 11.3 Å². The average Bonchev–Trinajstić information content (AvgIpc) is 2.37. The summed E-state index contributed by atoms with van der Waals surface area (Å²) in [4.78, 5) is 14.3. The Morgan fingerprint density at radius 2 is 1.52 bits per heavy atom. The first-order valence-electron chi connectivity index (χ1n) is 5.24. The average molecular weight is 311 g/mol. The summed E-state index contributed by atoms with van der Waals surface area (Å²) in [6.07, 6.45) is -11.0. The molecule has 0 radical (unpaired) electrons. The highest BCUT2D eigenvalue weighted by Gasteiger charge is 2.46. The largest absolute Gasteiger partial charge is 0.504 e. The fourth-order valence-corrected chi connectivity index (χ4v) is 1.19. The summed E-state index contributed by atoms with van der Waals surface area (Å²) in [6, 6.07) is 6.99. The molecule has 114 valence electrons. The van der Waals surface area contributed by atoms with Crippen LogP contribution in [0.2, 0.25) is 0 Å². The maximum Gasteiger partial charge on any atom is 0.455 e. The molecule has 0 aliphatic heterocycles. The second-order valence-corrected chi connectivity index (χ2v) is 3.68. The lowest BCUT2D eigenvalue weighted by molar-refractivity contribution is -0.167. The second kappa shape index (κ2) is 5.98. The van der Waals surface area contributed by atoms with Crippen LogP contribution in [-0.4, -0.2) is 29.5 Å². The van der Waals surface area contributed by atoms with E-state index >= 15 is 0 Å². The first kappa shape index (κ1) is 16.7. The van der Waals surface area contributed by atoms with Crippen molar-refractivity contribution < 1.29 is 36.2 Å². The van der Waals surface area contributed by atoms with Gasteiger partial charge in [0.25, 0.3) is 5.78 Å². The van der Waals surface area contributed by atoms with E-state index in [1.54, 1.807) is 6.07 Å². The minimum absolute atomic E-state index is 0.0138. The van der Waals surface area contributed by atoms with Gasteiger partial charge in [0.15, 0.2) is 0 Å². The lowest BCUT2D eigenvalue weighted by Crippen LogP contribution is -2.29. The number of aliphatic hydroxyl groups excluding tert-OH is 1. The Morgan fingerprint density at radius 3 is 1.95 bits per heavy atom. The predicted molar refractivity (Wildman–Crippen MR) is 61.4 cm³/mol. The third-order valence-electron chi connectivity index (χ3n) is 2.12. The van der Waals surface area contributed by atoms with Crippen LogP contribution in [0.1, 0.15) is 0 Å². The smallest absolute Gasteiger partial charge is 0.455 e. The van der Waals surface area contributed by atoms with Crippen LogP contribution in [0.15, 0.2) is 46.7 Å². The molecule has 0 heterocycles. The van der Waals surface area contributed by atoms with Crippen LogP contribution in [-0.2, 0) is 4.79 Å². The summed E-state index contributed by atoms with van der Waals surface area (Å²) in [5.74, 6) is -5.48. The predicted octanol–water partition coefficient (Wildman–Crippen LogP) is 3.89. The van der Waals surface area contributed by atoms with Crippen molar-refractivity contribution in [2.75, 3.05) is 0 Å². The zero-order valence-corrected chi connectivity index (χ0v) is 10.0. The van der Waals surface area contributed by atoms with E-state index in [1.807, 2.05) is 0 Å². The van der Waals surface area contributed by atoms with E-state index in [1.165, 1.54) is 24.3 Å². The number of aliphatic imine (C=N–C) groups is 1. The van der Waals surface area contributed by atoms with Crippen LogP contribution < -0.4 is 0 Å². The van der Waals surface area contributed by atoms with Gasteiger partial charge in [0.2, 0.25) is 5.76 Å². The van der Waals surface area contributed by atoms with Gasteiger partial charge in [-0.1, -0.05) is 18.2 Å². The zero-order chi connectivity index (χ0) is 16.3. The summed E-state index contributed by atoms with van der Waals surface area (Å²) in [5.41, 5.74) is -1.96. The molecule has 1 N–H and O–H groups in total. The number of aliphatic hydroxyl groups is 1. The number of ketones is 1. The quantitative estimate of drug-likeness (QED) is 0.398. The highest BCUT2D eigenvalue weighted by molar-refractivity contribution is 6.16. The van der Waals surface area contributed by atoms with Gasteiger partial charge in [0.1, 0.15) is 0 Å². The SMILES string of the molecule is O=C(C(C=Nc1ccccc1)=C(O)C(F)(F)F)C(F)(F)F. The molecule has 0 spiro atoms. The number of alkyl halides is 6. The first-order valence-corrected chi connectivity index (χ1v) is 5.24. The van der Waals surface area contributed by atoms with E-state index in [2.05, 4.69) is 4.99 Å². The molecule has 1 aromatic carbocycles. The van der Waals surface area contributed by atoms with Gasteiger partial charge in [-0.3, -0.25) is 9.79 Å². The van der Waals surface area contributed by atoms with Crippen LogP contribution in [0, 0.1) is 0 Å². The Labute approximate surface area is 114 Å². The van der Waals surface area contributed by atoms with Crippen LogP contribution in [0.3, 0.4) is 0 Å². The first-order chi connectivity index (χ1) is 9.53. The number of para-hydroxylation sites is 1. The van der Waals surface area contributed by atoms with E-state index in [0.717, 1.165) is 0 Å². The highest BCUT2D eigenvalue weighted by Crippen LogP contribution is 2.29. The van der Waals surface area contributed by atoms with Gasteiger partial charge in [-0.05, 0) is 12.1 Å². The molecule has 9 heteroatoms. The van der Waals surface area contributed by atoms with Crippen molar-refractivity contribution in [1.29, 1.82) is 0 Å². The number of Topliss-reactive ketones (excluding diaryl/α,β-unsaturated/α-hetero) is 1. The number of allylic oxidation sites excluding steroid dienone is 2. The third-order valence-corrected chi connectivity index (χ3v) is 2.12. The number of hydrogen-bond donors (Lipinski definition) is 1. The van der Waals surface area contributed by atoms with Crippen molar-refractivity contribution in [3.8, 4) is 0 Å². The minimum Gasteiger partial charge on any atom is -0.504 e. The van der Waals surface area contributed by atoms with Gasteiger partial charge < -0.3 is 5.11 Å². The summed E-state index contributed by atoms with van der Waals surface area (Å²) in [6.45, 7) is 0. The molecule has 0 atom stereocenters. The molecule has 0 fully saturated rings. The molecular weight excluding hydrogens is 304 g/mol. The van der Waals surface area contributed by atoms with Gasteiger partial charge >= 0.3 is 12.4 Å². The van der Waals surface area contributed by atoms with Crippen molar-refractivity contribution in [2.24, 2.45) is 4.99 Å². The number of benzene rings is 1. The zero-order valence-electron chi connectivity index (χ0n) is 10.0. The standard InChI is InChI=1S/C12H7F6NO2/c13-11(14,15)9(20)8(10(21)12(16,17)18)6-19-7-4-2-1-3-5-7/h1-6,20H. The number of hydrogen-bond acceptors (Lipinski definition) is 3. The lowest BCUT2D eigenvalue weighted by Gasteiger charge is -2.10. The molecule has 0 saturated carbocycles. The van der Waals surface area contributed by atoms with Gasteiger partial charge in [-0.25, -0.2) is 0 Å². The number of rotatable bonds is 3. The summed E-state index contributed by atoms with van der Waals surface area (Å²) in [7, 11) is 0. The Morgan fingerprint density at radius 1 is 1.00 bits per heavy atom. The molecule has 3 nitrogen and oxygen atoms in total. The number of nitrogens with zero attached hydrogens (tertiary/aromatic N) is 1. The fraction of sp³-hybridized carbons (Fsp3) is 0.167. The number of carbonyl (C=O) groups excluding carboxylic acids is 1. The summed E-state index contributed by atoms with van der Waals surface area (Å²) in [5, 5.41) is 8.80. The van der Waals surface area contributed by atoms with E-state index < -0.39 is 29.5 Å². The molecule has 0 aliphatic carbocycles. The fourth-order valence-electron chi connectivity index (χ4n) is 1.19. The maximum atomic E-state index is 12.3. The van der Waals surface area contributed by atoms with Crippen molar-refractivity contribution in [2.45, 2.75) is 12.4 Å². The van der Waals surface area contributed by atoms with Crippen molar-refractivity contribution >= 4 is 17.7 Å². The topological polar surface area (TPSA) is 49.7 Å². The molecule has 1 rings (SSSR count). The molecule has 0 aliphatic rings. The highest BCUT2D eigenvalue weighted by atomic mass is 19.4. The van der Waals surface area contributed by atoms with Gasteiger partial charge in [-0.2, -0.15) is 26.3 Å². The monoisotopic (exact) mass is 311 g/mol. The Balaban J connectivity index is 3.28. The maximum absolute atomic E-state index is 12.3. The molecule has 1 aromatic rings. The van der Waals surface area contributed by atoms with E-state index in [9.17, 15) is 31.1 Å². The van der Waals surface area contributed by atoms with E-state index in [0.29, 0.717) is 0 Å². The Bertz CT molecular complexity index is 572. The van der Waals surface area contributed by atoms with Crippen LogP contribution in [0.5, 0.6) is 0 Å². The molecular formula is C12H7F6NO2. The van der Waals surface area contributed by atoms with Crippen LogP contribution >= 0.6 is 0 Å². The Hall–Kier alpha value is -2.32. The van der Waals surface area contributed by atoms with Gasteiger partial charge in [0, 0.05) is 6.21 Å². The van der Waals surface area contributed by atoms with Crippen molar-refractivity contribution in [3.05, 3.63) is 41.7 Å². The van der Waals surface area contributed by atoms with Gasteiger partial charge in [-0.15, -0.1) is 0 Å². The van der Waals surface area contributed by atoms with Crippen molar-refractivity contribution in [1.82, 2.24) is 0 Å².